The molecule has 0 bridgehead atoms. The molecule has 0 aromatic rings. The van der Waals surface area contributed by atoms with Crippen LogP contribution in [0.3, 0.4) is 0 Å². The van der Waals surface area contributed by atoms with Crippen molar-refractivity contribution in [1.82, 2.24) is 15.1 Å². The number of carbonyl (C=O) groups is 4. The van der Waals surface area contributed by atoms with Crippen molar-refractivity contribution in [3.05, 3.63) is 0 Å². The van der Waals surface area contributed by atoms with E-state index in [1.165, 1.54) is 20.9 Å². The highest BCUT2D eigenvalue weighted by molar-refractivity contribution is 5.94. The van der Waals surface area contributed by atoms with Crippen molar-refractivity contribution in [2.24, 2.45) is 11.1 Å². The number of nitrogens with zero attached hydrogens (tertiary/aromatic N) is 2. The molecule has 0 saturated carbocycles. The minimum atomic E-state index is -1.81. The normalized spacial score (nSPS) is 26.7. The van der Waals surface area contributed by atoms with Gasteiger partial charge in [0, 0.05) is 26.6 Å². The zero-order chi connectivity index (χ0) is 19.9. The maximum atomic E-state index is 14.2. The molecule has 0 radical (unpaired) electrons. The minimum Gasteiger partial charge on any atom is -0.465 e. The third kappa shape index (κ3) is 3.73. The zero-order valence-corrected chi connectivity index (χ0v) is 15.1. The predicted molar refractivity (Wildman–Crippen MR) is 88.8 cm³/mol. The van der Waals surface area contributed by atoms with E-state index in [9.17, 15) is 28.7 Å². The minimum absolute atomic E-state index is 0.0397. The molecule has 26 heavy (non-hydrogen) atoms. The zero-order valence-electron chi connectivity index (χ0n) is 15.1. The van der Waals surface area contributed by atoms with Gasteiger partial charge in [0.1, 0.15) is 17.8 Å². The van der Waals surface area contributed by atoms with Crippen LogP contribution in [0.5, 0.6) is 0 Å². The van der Waals surface area contributed by atoms with Crippen LogP contribution < -0.4 is 11.1 Å². The number of hydrogen-bond donors (Lipinski definition) is 3. The first-order chi connectivity index (χ1) is 11.9. The van der Waals surface area contributed by atoms with Crippen LogP contribution in [-0.4, -0.2) is 76.6 Å². The number of hydrogen-bond acceptors (Lipinski definition) is 4. The molecule has 2 rings (SSSR count). The molecule has 2 saturated heterocycles. The summed E-state index contributed by atoms with van der Waals surface area (Å²) in [5, 5.41) is 11.9. The van der Waals surface area contributed by atoms with Crippen molar-refractivity contribution in [1.29, 1.82) is 0 Å². The van der Waals surface area contributed by atoms with E-state index in [0.717, 1.165) is 9.80 Å². The Balaban J connectivity index is 2.34. The summed E-state index contributed by atoms with van der Waals surface area (Å²) in [7, 11) is 1.17. The van der Waals surface area contributed by atoms with E-state index in [-0.39, 0.29) is 25.3 Å². The fraction of sp³-hybridized carbons (Fsp3) is 0.750. The number of alkyl halides is 1. The largest absolute Gasteiger partial charge is 0.465 e. The van der Waals surface area contributed by atoms with Gasteiger partial charge in [-0.1, -0.05) is 0 Å². The number of likely N-dealkylation sites (tertiary alicyclic amines) is 1. The average Bonchev–Trinajstić information content (AvgIpc) is 3.07. The predicted octanol–water partition coefficient (Wildman–Crippen LogP) is -0.304. The second-order valence-electron chi connectivity index (χ2n) is 7.71. The summed E-state index contributed by atoms with van der Waals surface area (Å²) >= 11 is 0. The lowest BCUT2D eigenvalue weighted by molar-refractivity contribution is -0.142. The van der Waals surface area contributed by atoms with Gasteiger partial charge in [0.25, 0.3) is 0 Å². The molecule has 10 heteroatoms. The van der Waals surface area contributed by atoms with Crippen molar-refractivity contribution in [2.75, 3.05) is 20.1 Å². The third-order valence-electron chi connectivity index (χ3n) is 5.15. The van der Waals surface area contributed by atoms with E-state index >= 15 is 0 Å². The summed E-state index contributed by atoms with van der Waals surface area (Å²) in [6, 6.07) is -2.35. The number of rotatable bonds is 5. The Kier molecular flexibility index (Phi) is 5.16. The van der Waals surface area contributed by atoms with Gasteiger partial charge in [0.15, 0.2) is 0 Å². The summed E-state index contributed by atoms with van der Waals surface area (Å²) < 4.78 is 14.2. The molecule has 0 unspecified atom stereocenters. The summed E-state index contributed by atoms with van der Waals surface area (Å²) in [4.78, 5) is 50.3. The molecular formula is C16H25FN4O5. The molecule has 4 N–H and O–H groups in total. The number of nitrogens with one attached hydrogen (secondary N) is 1. The second-order valence-corrected chi connectivity index (χ2v) is 7.71. The van der Waals surface area contributed by atoms with Crippen LogP contribution in [0.2, 0.25) is 0 Å². The maximum absolute atomic E-state index is 14.2. The maximum Gasteiger partial charge on any atom is 0.407 e. The number of carbonyl (C=O) groups excluding carboxylic acids is 3. The molecule has 9 nitrogen and oxygen atoms in total. The van der Waals surface area contributed by atoms with Crippen LogP contribution in [0.1, 0.15) is 33.1 Å². The van der Waals surface area contributed by atoms with Gasteiger partial charge in [-0.25, -0.2) is 9.18 Å². The van der Waals surface area contributed by atoms with Crippen LogP contribution in [0.4, 0.5) is 9.18 Å². The molecule has 2 heterocycles. The number of carboxylic acid groups (broad SMARTS) is 1. The Hall–Kier alpha value is -2.39. The van der Waals surface area contributed by atoms with Crippen molar-refractivity contribution in [2.45, 2.75) is 50.9 Å². The lowest BCUT2D eigenvalue weighted by atomic mass is 9.84. The monoisotopic (exact) mass is 372 g/mol. The fourth-order valence-corrected chi connectivity index (χ4v) is 3.70. The van der Waals surface area contributed by atoms with Crippen molar-refractivity contribution >= 4 is 23.8 Å². The van der Waals surface area contributed by atoms with Crippen LogP contribution in [0.25, 0.3) is 0 Å². The number of halogens is 1. The van der Waals surface area contributed by atoms with E-state index in [1.807, 2.05) is 0 Å². The standard InChI is InChI=1S/C16H25FN4O5/c1-15(2,17)6-10(20(3)14(25)26)12(23)21-8-16(4-5-19-13(16)24)7-9(21)11(18)22/h9-10H,4-8H2,1-3H3,(H2,18,22)(H,19,24)(H,25,26)/t9-,10-,16-/m0/s1. The number of amides is 4. The van der Waals surface area contributed by atoms with Gasteiger partial charge >= 0.3 is 6.09 Å². The SMILES string of the molecule is CN(C(=O)O)[C@@H](CC(C)(C)F)C(=O)N1C[C@]2(CCNC2=O)C[C@H]1C(N)=O. The third-order valence-corrected chi connectivity index (χ3v) is 5.15. The van der Waals surface area contributed by atoms with Crippen LogP contribution in [-0.2, 0) is 14.4 Å². The number of primary amides is 1. The Morgan fingerprint density at radius 2 is 2.12 bits per heavy atom. The first-order valence-corrected chi connectivity index (χ1v) is 8.41. The van der Waals surface area contributed by atoms with Crippen LogP contribution in [0, 0.1) is 5.41 Å². The van der Waals surface area contributed by atoms with E-state index in [2.05, 4.69) is 5.32 Å². The molecule has 0 aromatic heterocycles. The van der Waals surface area contributed by atoms with Gasteiger partial charge in [0.05, 0.1) is 5.41 Å². The first kappa shape index (κ1) is 19.9. The Morgan fingerprint density at radius 3 is 2.54 bits per heavy atom. The molecule has 146 valence electrons. The van der Waals surface area contributed by atoms with E-state index in [4.69, 9.17) is 5.73 Å². The topological polar surface area (TPSA) is 133 Å². The van der Waals surface area contributed by atoms with Gasteiger partial charge in [-0.3, -0.25) is 19.3 Å². The van der Waals surface area contributed by atoms with Crippen LogP contribution in [0.15, 0.2) is 0 Å². The fourth-order valence-electron chi connectivity index (χ4n) is 3.70. The van der Waals surface area contributed by atoms with E-state index in [0.29, 0.717) is 13.0 Å². The molecule has 4 amide bonds. The smallest absolute Gasteiger partial charge is 0.407 e. The van der Waals surface area contributed by atoms with Crippen molar-refractivity contribution < 1.29 is 28.7 Å². The van der Waals surface area contributed by atoms with Gasteiger partial charge in [0.2, 0.25) is 17.7 Å². The summed E-state index contributed by atoms with van der Waals surface area (Å²) in [5.41, 5.74) is 2.70. The molecular weight excluding hydrogens is 347 g/mol. The average molecular weight is 372 g/mol. The molecule has 2 fully saturated rings. The van der Waals surface area contributed by atoms with E-state index < -0.39 is 41.1 Å². The molecule has 1 spiro atoms. The van der Waals surface area contributed by atoms with Crippen molar-refractivity contribution in [3.8, 4) is 0 Å². The van der Waals surface area contributed by atoms with Crippen molar-refractivity contribution in [3.63, 3.8) is 0 Å². The highest BCUT2D eigenvalue weighted by atomic mass is 19.1. The molecule has 2 aliphatic rings. The summed E-state index contributed by atoms with van der Waals surface area (Å²) in [6.07, 6.45) is -1.23. The Labute approximate surface area is 150 Å². The number of likely N-dealkylation sites (N-methyl/N-ethyl adjacent to an activating group) is 1. The van der Waals surface area contributed by atoms with Gasteiger partial charge in [-0.15, -0.1) is 0 Å². The van der Waals surface area contributed by atoms with E-state index in [1.54, 1.807) is 0 Å². The molecule has 2 aliphatic heterocycles. The highest BCUT2D eigenvalue weighted by Crippen LogP contribution is 2.41. The van der Waals surface area contributed by atoms with Gasteiger partial charge in [-0.05, 0) is 26.7 Å². The lowest BCUT2D eigenvalue weighted by Gasteiger charge is -2.33. The molecule has 0 aromatic carbocycles. The number of nitrogens with two attached hydrogens (primary N) is 1. The Morgan fingerprint density at radius 1 is 1.50 bits per heavy atom. The van der Waals surface area contributed by atoms with Crippen LogP contribution >= 0.6 is 0 Å². The Bertz CT molecular complexity index is 635. The quantitative estimate of drug-likeness (QED) is 0.609. The van der Waals surface area contributed by atoms with Gasteiger partial charge in [-0.2, -0.15) is 0 Å². The highest BCUT2D eigenvalue weighted by Gasteiger charge is 2.55. The van der Waals surface area contributed by atoms with Gasteiger partial charge < -0.3 is 21.1 Å². The molecule has 3 atom stereocenters. The lowest BCUT2D eigenvalue weighted by Crippen LogP contribution is -2.54. The summed E-state index contributed by atoms with van der Waals surface area (Å²) in [5.74, 6) is -1.75. The first-order valence-electron chi connectivity index (χ1n) is 8.41. The summed E-state index contributed by atoms with van der Waals surface area (Å²) in [6.45, 7) is 2.87. The second kappa shape index (κ2) is 6.73. The molecule has 0 aliphatic carbocycles.